The van der Waals surface area contributed by atoms with E-state index in [4.69, 9.17) is 4.74 Å². The molecule has 2 unspecified atom stereocenters. The standard InChI is InChI=1S/C28H33N3O4/c1-3-5-22-21-11-13-29-23(21)15-19(17-31-27-6-4-12-30-27)28(22)25(34)16-20(32)9-7-18-8-10-24(33)26(14-18)35-2/h4,6,8,10-15,22,28-31,33H,3,5,7,9,16-17H2,1-2H3. The van der Waals surface area contributed by atoms with Gasteiger partial charge in [0.1, 0.15) is 17.4 Å². The minimum Gasteiger partial charge on any atom is -0.504 e. The monoisotopic (exact) mass is 475 g/mol. The summed E-state index contributed by atoms with van der Waals surface area (Å²) < 4.78 is 5.15. The maximum atomic E-state index is 13.6. The average Bonchev–Trinajstić information content (AvgIpc) is 3.54. The average molecular weight is 476 g/mol. The Bertz CT molecular complexity index is 1190. The van der Waals surface area contributed by atoms with Crippen molar-refractivity contribution < 1.29 is 19.4 Å². The first kappa shape index (κ1) is 24.4. The molecule has 0 saturated carbocycles. The van der Waals surface area contributed by atoms with Gasteiger partial charge < -0.3 is 25.1 Å². The van der Waals surface area contributed by atoms with Gasteiger partial charge in [-0.2, -0.15) is 0 Å². The summed E-state index contributed by atoms with van der Waals surface area (Å²) in [6.07, 6.45) is 8.34. The van der Waals surface area contributed by atoms with E-state index in [1.165, 1.54) is 7.11 Å². The van der Waals surface area contributed by atoms with Crippen LogP contribution in [0.2, 0.25) is 0 Å². The number of methoxy groups -OCH3 is 1. The van der Waals surface area contributed by atoms with Crippen molar-refractivity contribution in [3.05, 3.63) is 71.2 Å². The lowest BCUT2D eigenvalue weighted by Gasteiger charge is -2.32. The summed E-state index contributed by atoms with van der Waals surface area (Å²) in [6.45, 7) is 2.65. The zero-order valence-electron chi connectivity index (χ0n) is 20.3. The number of carbonyl (C=O) groups excluding carboxylic acids is 2. The number of benzene rings is 1. The molecule has 2 aromatic heterocycles. The van der Waals surface area contributed by atoms with Crippen LogP contribution in [-0.4, -0.2) is 40.3 Å². The molecule has 0 amide bonds. The lowest BCUT2D eigenvalue weighted by molar-refractivity contribution is -0.129. The molecule has 4 N–H and O–H groups in total. The summed E-state index contributed by atoms with van der Waals surface area (Å²) in [5, 5.41) is 13.1. The van der Waals surface area contributed by atoms with Crippen LogP contribution in [0.4, 0.5) is 5.82 Å². The molecule has 35 heavy (non-hydrogen) atoms. The van der Waals surface area contributed by atoms with E-state index < -0.39 is 0 Å². The van der Waals surface area contributed by atoms with Gasteiger partial charge >= 0.3 is 0 Å². The lowest BCUT2D eigenvalue weighted by Crippen LogP contribution is -2.31. The Balaban J connectivity index is 1.47. The first-order chi connectivity index (χ1) is 17.0. The number of aromatic amines is 2. The predicted molar refractivity (Wildman–Crippen MR) is 137 cm³/mol. The quantitative estimate of drug-likeness (QED) is 0.269. The number of aryl methyl sites for hydroxylation is 1. The molecule has 0 radical (unpaired) electrons. The van der Waals surface area contributed by atoms with Gasteiger partial charge in [0.15, 0.2) is 11.5 Å². The maximum absolute atomic E-state index is 13.6. The molecule has 7 nitrogen and oxygen atoms in total. The van der Waals surface area contributed by atoms with E-state index >= 15 is 0 Å². The molecule has 2 atom stereocenters. The van der Waals surface area contributed by atoms with Crippen LogP contribution < -0.4 is 10.1 Å². The Hall–Kier alpha value is -3.74. The molecule has 0 aliphatic heterocycles. The fourth-order valence-corrected chi connectivity index (χ4v) is 4.97. The van der Waals surface area contributed by atoms with E-state index in [9.17, 15) is 14.7 Å². The van der Waals surface area contributed by atoms with Gasteiger partial charge in [0, 0.05) is 37.0 Å². The van der Waals surface area contributed by atoms with Crippen LogP contribution in [0, 0.1) is 5.92 Å². The van der Waals surface area contributed by atoms with Gasteiger partial charge in [-0.05, 0) is 71.9 Å². The Kier molecular flexibility index (Phi) is 7.75. The summed E-state index contributed by atoms with van der Waals surface area (Å²) in [5.74, 6) is 0.946. The van der Waals surface area contributed by atoms with Crippen LogP contribution in [0.3, 0.4) is 0 Å². The number of fused-ring (bicyclic) bond motifs is 1. The summed E-state index contributed by atoms with van der Waals surface area (Å²) in [4.78, 5) is 32.9. The van der Waals surface area contributed by atoms with Crippen LogP contribution in [0.15, 0.2) is 54.4 Å². The number of hydrogen-bond acceptors (Lipinski definition) is 5. The molecule has 0 fully saturated rings. The molecule has 1 aliphatic rings. The highest BCUT2D eigenvalue weighted by atomic mass is 16.5. The number of hydrogen-bond donors (Lipinski definition) is 4. The number of ketones is 2. The third-order valence-corrected chi connectivity index (χ3v) is 6.68. The van der Waals surface area contributed by atoms with Gasteiger partial charge in [0.2, 0.25) is 0 Å². The van der Waals surface area contributed by atoms with Crippen LogP contribution in [-0.2, 0) is 16.0 Å². The molecule has 7 heteroatoms. The number of rotatable bonds is 12. The number of phenolic OH excluding ortho intramolecular Hbond substituents is 1. The minimum absolute atomic E-state index is 0.0249. The number of H-pyrrole nitrogens is 2. The molecule has 0 bridgehead atoms. The fraction of sp³-hybridized carbons (Fsp3) is 0.357. The molecule has 1 aliphatic carbocycles. The van der Waals surface area contributed by atoms with Crippen molar-refractivity contribution in [3.63, 3.8) is 0 Å². The van der Waals surface area contributed by atoms with Crippen molar-refractivity contribution in [3.8, 4) is 11.5 Å². The van der Waals surface area contributed by atoms with Crippen molar-refractivity contribution >= 4 is 23.5 Å². The molecule has 4 rings (SSSR count). The number of ether oxygens (including phenoxy) is 1. The van der Waals surface area contributed by atoms with E-state index in [0.717, 1.165) is 41.1 Å². The van der Waals surface area contributed by atoms with Crippen molar-refractivity contribution in [2.45, 2.75) is 44.9 Å². The fourth-order valence-electron chi connectivity index (χ4n) is 4.97. The largest absolute Gasteiger partial charge is 0.504 e. The summed E-state index contributed by atoms with van der Waals surface area (Å²) in [7, 11) is 1.49. The molecule has 184 valence electrons. The minimum atomic E-state index is -0.335. The molecule has 1 aromatic carbocycles. The number of aromatic nitrogens is 2. The number of phenols is 1. The zero-order valence-corrected chi connectivity index (χ0v) is 20.3. The van der Waals surface area contributed by atoms with Crippen molar-refractivity contribution in [1.82, 2.24) is 9.97 Å². The summed E-state index contributed by atoms with van der Waals surface area (Å²) >= 11 is 0. The number of anilines is 1. The van der Waals surface area contributed by atoms with E-state index in [-0.39, 0.29) is 42.0 Å². The molecular formula is C28H33N3O4. The molecule has 0 spiro atoms. The number of Topliss-reactive ketones (excluding diaryl/α,β-unsaturated/α-hetero) is 2. The Morgan fingerprint density at radius 3 is 2.74 bits per heavy atom. The second-order valence-corrected chi connectivity index (χ2v) is 9.06. The number of aromatic hydroxyl groups is 1. The molecular weight excluding hydrogens is 442 g/mol. The Labute approximate surface area is 205 Å². The second kappa shape index (κ2) is 11.1. The van der Waals surface area contributed by atoms with Gasteiger partial charge in [0.25, 0.3) is 0 Å². The summed E-state index contributed by atoms with van der Waals surface area (Å²) in [5.41, 5.74) is 4.07. The predicted octanol–water partition coefficient (Wildman–Crippen LogP) is 5.23. The van der Waals surface area contributed by atoms with E-state index in [2.05, 4.69) is 34.4 Å². The van der Waals surface area contributed by atoms with Gasteiger partial charge in [-0.25, -0.2) is 0 Å². The smallest absolute Gasteiger partial charge is 0.160 e. The van der Waals surface area contributed by atoms with Gasteiger partial charge in [-0.3, -0.25) is 9.59 Å². The Morgan fingerprint density at radius 2 is 2.00 bits per heavy atom. The number of carbonyl (C=O) groups is 2. The normalized spacial score (nSPS) is 16.9. The summed E-state index contributed by atoms with van der Waals surface area (Å²) in [6, 6.07) is 11.0. The molecule has 2 heterocycles. The van der Waals surface area contributed by atoms with Crippen LogP contribution in [0.5, 0.6) is 11.5 Å². The topological polar surface area (TPSA) is 107 Å². The third-order valence-electron chi connectivity index (χ3n) is 6.68. The molecule has 3 aromatic rings. The third kappa shape index (κ3) is 5.67. The van der Waals surface area contributed by atoms with Crippen LogP contribution in [0.25, 0.3) is 6.08 Å². The Morgan fingerprint density at radius 1 is 1.14 bits per heavy atom. The van der Waals surface area contributed by atoms with Crippen LogP contribution in [0.1, 0.15) is 55.3 Å². The van der Waals surface area contributed by atoms with Crippen LogP contribution >= 0.6 is 0 Å². The van der Waals surface area contributed by atoms with Gasteiger partial charge in [-0.15, -0.1) is 0 Å². The first-order valence-electron chi connectivity index (χ1n) is 12.2. The van der Waals surface area contributed by atoms with E-state index in [1.807, 2.05) is 24.5 Å². The van der Waals surface area contributed by atoms with Crippen molar-refractivity contribution in [2.24, 2.45) is 5.92 Å². The van der Waals surface area contributed by atoms with Gasteiger partial charge in [-0.1, -0.05) is 19.4 Å². The second-order valence-electron chi connectivity index (χ2n) is 9.06. The van der Waals surface area contributed by atoms with Crippen molar-refractivity contribution in [1.29, 1.82) is 0 Å². The number of nitrogens with one attached hydrogen (secondary N) is 3. The SMILES string of the molecule is CCCC1c2cc[nH]c2C=C(CNc2ccc[nH]2)C1C(=O)CC(=O)CCc1ccc(O)c(OC)c1. The van der Waals surface area contributed by atoms with Gasteiger partial charge in [0.05, 0.1) is 13.5 Å². The highest BCUT2D eigenvalue weighted by Crippen LogP contribution is 2.42. The highest BCUT2D eigenvalue weighted by molar-refractivity contribution is 6.02. The maximum Gasteiger partial charge on any atom is 0.160 e. The highest BCUT2D eigenvalue weighted by Gasteiger charge is 2.36. The van der Waals surface area contributed by atoms with E-state index in [1.54, 1.807) is 18.2 Å². The zero-order chi connectivity index (χ0) is 24.8. The first-order valence-corrected chi connectivity index (χ1v) is 12.2. The van der Waals surface area contributed by atoms with E-state index in [0.29, 0.717) is 18.7 Å². The lowest BCUT2D eigenvalue weighted by atomic mass is 9.71. The molecule has 0 saturated heterocycles. The van der Waals surface area contributed by atoms with Crippen molar-refractivity contribution in [2.75, 3.05) is 19.0 Å².